The Bertz CT molecular complexity index is 2540. The van der Waals surface area contributed by atoms with E-state index in [1.807, 2.05) is 0 Å². The summed E-state index contributed by atoms with van der Waals surface area (Å²) in [5.74, 6) is -0.247. The lowest BCUT2D eigenvalue weighted by Gasteiger charge is -2.09. The van der Waals surface area contributed by atoms with Crippen molar-refractivity contribution in [1.29, 1.82) is 0 Å². The van der Waals surface area contributed by atoms with Crippen LogP contribution in [0.5, 0.6) is 6.01 Å². The molecule has 0 aliphatic rings. The van der Waals surface area contributed by atoms with Gasteiger partial charge in [-0.2, -0.15) is 58.9 Å². The molecule has 0 amide bonds. The van der Waals surface area contributed by atoms with E-state index < -0.39 is 77.4 Å². The minimum absolute atomic E-state index is 0.124. The Morgan fingerprint density at radius 3 is 1.13 bits per heavy atom. The summed E-state index contributed by atoms with van der Waals surface area (Å²) in [6, 6.07) is 15.2. The van der Waals surface area contributed by atoms with E-state index in [1.165, 1.54) is 48.5 Å². The second-order valence-electron chi connectivity index (χ2n) is 10.2. The molecular weight excluding hydrogens is 787 g/mol. The first-order chi connectivity index (χ1) is 24.6. The number of aromatic hydroxyl groups is 1. The van der Waals surface area contributed by atoms with Crippen molar-refractivity contribution in [2.45, 2.75) is 19.6 Å². The predicted molar refractivity (Wildman–Crippen MR) is 181 cm³/mol. The fourth-order valence-corrected chi connectivity index (χ4v) is 6.30. The standard InChI is InChI=1S/C27H21N9O13S4/c37-27-31-25(28-15-1-5-17(6-2-15)33-35-21-13-19(50(38,39)40)9-11-23(21)52(44,45)46)30-26(32-27)29-16-3-7-18(8-4-16)34-36-22-14-20(51(41,42)43)10-12-24(22)53(47,48)49/h1-14H,(H,38,39,40)(H,41,42,43)(H,44,45,46)(H,47,48,49)(H3,28,29,30,31,32,37). The highest BCUT2D eigenvalue weighted by molar-refractivity contribution is 7.87. The van der Waals surface area contributed by atoms with Gasteiger partial charge in [0.2, 0.25) is 11.9 Å². The fraction of sp³-hybridized carbons (Fsp3) is 0. The second-order valence-corrected chi connectivity index (χ2v) is 15.8. The van der Waals surface area contributed by atoms with Gasteiger partial charge in [-0.25, -0.2) is 0 Å². The maximum Gasteiger partial charge on any atom is 0.320 e. The van der Waals surface area contributed by atoms with Gasteiger partial charge in [-0.1, -0.05) is 0 Å². The van der Waals surface area contributed by atoms with Gasteiger partial charge in [0.1, 0.15) is 21.2 Å². The molecule has 0 unspecified atom stereocenters. The van der Waals surface area contributed by atoms with Gasteiger partial charge in [-0.05, 0) is 84.9 Å². The Kier molecular flexibility index (Phi) is 10.6. The number of hydrogen-bond donors (Lipinski definition) is 7. The van der Waals surface area contributed by atoms with E-state index in [-0.39, 0.29) is 23.3 Å². The number of azo groups is 2. The molecule has 5 rings (SSSR count). The van der Waals surface area contributed by atoms with Crippen molar-refractivity contribution in [2.24, 2.45) is 20.5 Å². The van der Waals surface area contributed by atoms with E-state index in [2.05, 4.69) is 46.0 Å². The number of nitrogens with one attached hydrogen (secondary N) is 2. The van der Waals surface area contributed by atoms with Crippen molar-refractivity contribution < 1.29 is 57.0 Å². The largest absolute Gasteiger partial charge is 0.479 e. The van der Waals surface area contributed by atoms with E-state index in [4.69, 9.17) is 0 Å². The summed E-state index contributed by atoms with van der Waals surface area (Å²) in [5, 5.41) is 30.7. The van der Waals surface area contributed by atoms with Crippen LogP contribution >= 0.6 is 0 Å². The lowest BCUT2D eigenvalue weighted by molar-refractivity contribution is 0.430. The van der Waals surface area contributed by atoms with Crippen molar-refractivity contribution in [3.05, 3.63) is 84.9 Å². The van der Waals surface area contributed by atoms with Crippen molar-refractivity contribution in [3.63, 3.8) is 0 Å². The molecule has 0 aliphatic carbocycles. The van der Waals surface area contributed by atoms with Gasteiger partial charge in [-0.3, -0.25) is 18.2 Å². The summed E-state index contributed by atoms with van der Waals surface area (Å²) in [7, 11) is -19.1. The zero-order valence-electron chi connectivity index (χ0n) is 25.8. The van der Waals surface area contributed by atoms with Crippen LogP contribution in [0.1, 0.15) is 0 Å². The molecular formula is C27H21N9O13S4. The van der Waals surface area contributed by atoms with Crippen LogP contribution in [0.15, 0.2) is 125 Å². The number of aromatic nitrogens is 3. The van der Waals surface area contributed by atoms with Crippen LogP contribution in [0.3, 0.4) is 0 Å². The number of anilines is 4. The predicted octanol–water partition coefficient (Wildman–Crippen LogP) is 4.88. The third-order valence-corrected chi connectivity index (χ3v) is 9.93. The summed E-state index contributed by atoms with van der Waals surface area (Å²) < 4.78 is 130. The summed E-state index contributed by atoms with van der Waals surface area (Å²) in [5.41, 5.74) is -0.124. The highest BCUT2D eigenvalue weighted by Crippen LogP contribution is 2.31. The Labute approximate surface area is 299 Å². The average molecular weight is 808 g/mol. The number of benzene rings is 4. The summed E-state index contributed by atoms with van der Waals surface area (Å²) in [6.45, 7) is 0. The van der Waals surface area contributed by atoms with Gasteiger partial charge in [0.25, 0.3) is 40.5 Å². The summed E-state index contributed by atoms with van der Waals surface area (Å²) >= 11 is 0. The van der Waals surface area contributed by atoms with E-state index in [0.717, 1.165) is 24.3 Å². The normalized spacial score (nSPS) is 12.7. The molecule has 0 bridgehead atoms. The van der Waals surface area contributed by atoms with Gasteiger partial charge in [-0.15, -0.1) is 10.2 Å². The SMILES string of the molecule is O=S(=O)(O)c1ccc(S(=O)(=O)O)c(N=Nc2ccc(Nc3nc(O)nc(Nc4ccc(N=Nc5cc(S(=O)(=O)O)ccc5S(=O)(=O)O)cc4)n3)cc2)c1. The lowest BCUT2D eigenvalue weighted by atomic mass is 10.3. The van der Waals surface area contributed by atoms with Crippen molar-refractivity contribution in [2.75, 3.05) is 10.6 Å². The smallest absolute Gasteiger partial charge is 0.320 e. The van der Waals surface area contributed by atoms with E-state index in [1.54, 1.807) is 0 Å². The van der Waals surface area contributed by atoms with Crippen LogP contribution in [0.2, 0.25) is 0 Å². The molecule has 53 heavy (non-hydrogen) atoms. The monoisotopic (exact) mass is 807 g/mol. The Balaban J connectivity index is 1.29. The number of rotatable bonds is 12. The van der Waals surface area contributed by atoms with Gasteiger partial charge in [0.15, 0.2) is 0 Å². The van der Waals surface area contributed by atoms with Gasteiger partial charge in [0.05, 0.1) is 21.2 Å². The summed E-state index contributed by atoms with van der Waals surface area (Å²) in [4.78, 5) is 8.85. The molecule has 1 heterocycles. The quantitative estimate of drug-likeness (QED) is 0.0652. The molecule has 1 aromatic heterocycles. The second kappa shape index (κ2) is 14.6. The molecule has 276 valence electrons. The topological polar surface area (TPSA) is 350 Å². The fourth-order valence-electron chi connectivity index (χ4n) is 4.09. The molecule has 0 radical (unpaired) electrons. The number of nitrogens with zero attached hydrogens (tertiary/aromatic N) is 7. The van der Waals surface area contributed by atoms with E-state index >= 15 is 0 Å². The minimum atomic E-state index is -4.83. The molecule has 22 nitrogen and oxygen atoms in total. The lowest BCUT2D eigenvalue weighted by Crippen LogP contribution is -2.03. The molecule has 4 aromatic carbocycles. The third kappa shape index (κ3) is 10.1. The Morgan fingerprint density at radius 1 is 0.453 bits per heavy atom. The molecule has 5 aromatic rings. The van der Waals surface area contributed by atoms with Crippen molar-refractivity contribution in [1.82, 2.24) is 15.0 Å². The maximum atomic E-state index is 11.7. The van der Waals surface area contributed by atoms with Crippen molar-refractivity contribution in [3.8, 4) is 6.01 Å². The van der Waals surface area contributed by atoms with Crippen LogP contribution in [-0.4, -0.2) is 71.9 Å². The van der Waals surface area contributed by atoms with Gasteiger partial charge in [0, 0.05) is 11.4 Å². The van der Waals surface area contributed by atoms with E-state index in [0.29, 0.717) is 23.5 Å². The van der Waals surface area contributed by atoms with Crippen molar-refractivity contribution >= 4 is 86.5 Å². The molecule has 7 N–H and O–H groups in total. The van der Waals surface area contributed by atoms with Crippen LogP contribution in [-0.2, 0) is 40.5 Å². The molecule has 0 atom stereocenters. The third-order valence-electron chi connectivity index (χ3n) is 6.43. The zero-order chi connectivity index (χ0) is 38.8. The van der Waals surface area contributed by atoms with Gasteiger partial charge < -0.3 is 15.7 Å². The molecule has 0 aliphatic heterocycles. The minimum Gasteiger partial charge on any atom is -0.479 e. The first-order valence-electron chi connectivity index (χ1n) is 13.9. The van der Waals surface area contributed by atoms with Crippen LogP contribution in [0.25, 0.3) is 0 Å². The average Bonchev–Trinajstić information content (AvgIpc) is 3.05. The zero-order valence-corrected chi connectivity index (χ0v) is 29.1. The molecule has 26 heteroatoms. The molecule has 0 spiro atoms. The highest BCUT2D eigenvalue weighted by atomic mass is 32.2. The molecule has 0 fully saturated rings. The first kappa shape index (κ1) is 38.4. The maximum absolute atomic E-state index is 11.7. The van der Waals surface area contributed by atoms with E-state index in [9.17, 15) is 57.0 Å². The highest BCUT2D eigenvalue weighted by Gasteiger charge is 2.21. The first-order valence-corrected chi connectivity index (χ1v) is 19.6. The summed E-state index contributed by atoms with van der Waals surface area (Å²) in [6.07, 6.45) is 0. The molecule has 0 saturated heterocycles. The van der Waals surface area contributed by atoms with Crippen LogP contribution < -0.4 is 10.6 Å². The Morgan fingerprint density at radius 2 is 0.811 bits per heavy atom. The molecule has 0 saturated carbocycles. The van der Waals surface area contributed by atoms with Gasteiger partial charge >= 0.3 is 6.01 Å². The number of hydrogen-bond acceptors (Lipinski definition) is 18. The van der Waals surface area contributed by atoms with Crippen LogP contribution in [0, 0.1) is 0 Å². The van der Waals surface area contributed by atoms with Crippen LogP contribution in [0.4, 0.5) is 46.0 Å². The Hall–Kier alpha value is -5.87.